The highest BCUT2D eigenvalue weighted by molar-refractivity contribution is 6.10. The molecule has 3 N–H and O–H groups in total. The summed E-state index contributed by atoms with van der Waals surface area (Å²) in [6.45, 7) is 7.30. The molecule has 0 aliphatic heterocycles. The summed E-state index contributed by atoms with van der Waals surface area (Å²) in [7, 11) is 0. The summed E-state index contributed by atoms with van der Waals surface area (Å²) in [6.07, 6.45) is 0. The Balaban J connectivity index is 2.87. The molecule has 2 aromatic rings. The Kier molecular flexibility index (Phi) is 3.14. The van der Waals surface area contributed by atoms with E-state index >= 15 is 0 Å². The summed E-state index contributed by atoms with van der Waals surface area (Å²) in [5.41, 5.74) is 8.53. The van der Waals surface area contributed by atoms with Crippen LogP contribution in [-0.4, -0.2) is 17.7 Å². The quantitative estimate of drug-likeness (QED) is 0.814. The number of ether oxygens (including phenoxy) is 1. The van der Waals surface area contributed by atoms with Gasteiger partial charge in [-0.25, -0.2) is 4.79 Å². The number of nitrogen functional groups attached to an aromatic ring is 1. The molecule has 1 heterocycles. The fourth-order valence-electron chi connectivity index (χ4n) is 2.22. The third kappa shape index (κ3) is 1.82. The number of aryl methyl sites for hydroxylation is 2. The Labute approximate surface area is 111 Å². The predicted octanol–water partition coefficient (Wildman–Crippen LogP) is 2.82. The lowest BCUT2D eigenvalue weighted by molar-refractivity contribution is 0.0529. The van der Waals surface area contributed by atoms with E-state index in [1.165, 1.54) is 0 Å². The van der Waals surface area contributed by atoms with Crippen LogP contribution in [0.4, 0.5) is 5.88 Å². The van der Waals surface area contributed by atoms with Gasteiger partial charge in [0.1, 0.15) is 16.9 Å². The van der Waals surface area contributed by atoms with Crippen molar-refractivity contribution in [2.45, 2.75) is 27.7 Å². The van der Waals surface area contributed by atoms with Crippen LogP contribution in [0.25, 0.3) is 11.0 Å². The van der Waals surface area contributed by atoms with Crippen molar-refractivity contribution in [3.8, 4) is 5.75 Å². The summed E-state index contributed by atoms with van der Waals surface area (Å²) in [6, 6.07) is 0. The number of hydrogen-bond donors (Lipinski definition) is 2. The van der Waals surface area contributed by atoms with Crippen molar-refractivity contribution in [3.63, 3.8) is 0 Å². The first-order valence-corrected chi connectivity index (χ1v) is 6.07. The van der Waals surface area contributed by atoms with Crippen LogP contribution in [0, 0.1) is 20.8 Å². The van der Waals surface area contributed by atoms with E-state index in [0.717, 1.165) is 5.56 Å². The van der Waals surface area contributed by atoms with E-state index in [9.17, 15) is 9.90 Å². The number of phenols is 1. The first-order valence-electron chi connectivity index (χ1n) is 6.07. The molecule has 0 aliphatic carbocycles. The average molecular weight is 263 g/mol. The van der Waals surface area contributed by atoms with Crippen molar-refractivity contribution in [3.05, 3.63) is 22.3 Å². The molecule has 0 saturated carbocycles. The molecular formula is C14H17NO4. The minimum Gasteiger partial charge on any atom is -0.507 e. The van der Waals surface area contributed by atoms with Gasteiger partial charge in [0.05, 0.1) is 6.61 Å². The van der Waals surface area contributed by atoms with Gasteiger partial charge in [-0.05, 0) is 38.8 Å². The number of benzene rings is 1. The maximum Gasteiger partial charge on any atom is 0.344 e. The number of carbonyl (C=O) groups is 1. The van der Waals surface area contributed by atoms with Gasteiger partial charge >= 0.3 is 5.97 Å². The van der Waals surface area contributed by atoms with Gasteiger partial charge in [0.25, 0.3) is 0 Å². The number of nitrogens with two attached hydrogens (primary N) is 1. The van der Waals surface area contributed by atoms with Crippen LogP contribution in [0.5, 0.6) is 5.75 Å². The lowest BCUT2D eigenvalue weighted by atomic mass is 9.98. The fourth-order valence-corrected chi connectivity index (χ4v) is 2.22. The van der Waals surface area contributed by atoms with E-state index in [2.05, 4.69) is 0 Å². The largest absolute Gasteiger partial charge is 0.507 e. The van der Waals surface area contributed by atoms with Gasteiger partial charge in [0, 0.05) is 10.9 Å². The van der Waals surface area contributed by atoms with Gasteiger partial charge in [-0.1, -0.05) is 0 Å². The van der Waals surface area contributed by atoms with Gasteiger partial charge in [-0.15, -0.1) is 0 Å². The molecule has 0 bridgehead atoms. The second-order valence-electron chi connectivity index (χ2n) is 4.49. The number of fused-ring (bicyclic) bond motifs is 1. The van der Waals surface area contributed by atoms with Crippen molar-refractivity contribution in [2.24, 2.45) is 0 Å². The number of furan rings is 1. The highest BCUT2D eigenvalue weighted by Gasteiger charge is 2.25. The van der Waals surface area contributed by atoms with Crippen LogP contribution in [0.3, 0.4) is 0 Å². The molecule has 0 amide bonds. The van der Waals surface area contributed by atoms with Crippen molar-refractivity contribution >= 4 is 22.8 Å². The molecule has 19 heavy (non-hydrogen) atoms. The second kappa shape index (κ2) is 4.50. The van der Waals surface area contributed by atoms with Gasteiger partial charge in [0.2, 0.25) is 5.88 Å². The maximum atomic E-state index is 12.0. The van der Waals surface area contributed by atoms with Gasteiger partial charge in [-0.2, -0.15) is 0 Å². The molecule has 5 nitrogen and oxygen atoms in total. The zero-order valence-electron chi connectivity index (χ0n) is 11.5. The summed E-state index contributed by atoms with van der Waals surface area (Å²) in [5, 5.41) is 10.6. The number of anilines is 1. The van der Waals surface area contributed by atoms with Crippen molar-refractivity contribution < 1.29 is 19.1 Å². The minimum absolute atomic E-state index is 0.0182. The van der Waals surface area contributed by atoms with Gasteiger partial charge < -0.3 is 20.0 Å². The Hall–Kier alpha value is -2.17. The van der Waals surface area contributed by atoms with Crippen LogP contribution in [0.2, 0.25) is 0 Å². The highest BCUT2D eigenvalue weighted by atomic mass is 16.5. The van der Waals surface area contributed by atoms with Crippen molar-refractivity contribution in [1.29, 1.82) is 0 Å². The number of aromatic hydroxyl groups is 1. The first-order chi connectivity index (χ1) is 8.90. The molecule has 2 rings (SSSR count). The topological polar surface area (TPSA) is 85.7 Å². The number of phenolic OH excluding ortho intramolecular Hbond substituents is 1. The molecular weight excluding hydrogens is 246 g/mol. The van der Waals surface area contributed by atoms with Crippen molar-refractivity contribution in [1.82, 2.24) is 0 Å². The molecule has 0 atom stereocenters. The lowest BCUT2D eigenvalue weighted by Crippen LogP contribution is -2.07. The molecule has 1 aromatic carbocycles. The third-order valence-electron chi connectivity index (χ3n) is 3.40. The molecule has 0 unspecified atom stereocenters. The highest BCUT2D eigenvalue weighted by Crippen LogP contribution is 2.39. The number of rotatable bonds is 2. The summed E-state index contributed by atoms with van der Waals surface area (Å²) in [5.74, 6) is -0.370. The Morgan fingerprint density at radius 2 is 1.89 bits per heavy atom. The fraction of sp³-hybridized carbons (Fsp3) is 0.357. The molecule has 0 fully saturated rings. The summed E-state index contributed by atoms with van der Waals surface area (Å²) >= 11 is 0. The zero-order chi connectivity index (χ0) is 14.3. The Morgan fingerprint density at radius 3 is 2.47 bits per heavy atom. The van der Waals surface area contributed by atoms with E-state index in [0.29, 0.717) is 22.1 Å². The SMILES string of the molecule is CCOC(=O)c1c(N)oc2c(C)c(C)c(O)c(C)c12. The standard InChI is InChI=1S/C14H17NO4/c1-5-18-14(17)10-9-8(4)11(16)6(2)7(3)12(9)19-13(10)15/h16H,5,15H2,1-4H3. The average Bonchev–Trinajstić information content (AvgIpc) is 2.72. The minimum atomic E-state index is -0.537. The van der Waals surface area contributed by atoms with E-state index in [1.54, 1.807) is 20.8 Å². The smallest absolute Gasteiger partial charge is 0.344 e. The van der Waals surface area contributed by atoms with Gasteiger partial charge in [0.15, 0.2) is 0 Å². The second-order valence-corrected chi connectivity index (χ2v) is 4.49. The van der Waals surface area contributed by atoms with E-state index in [4.69, 9.17) is 14.9 Å². The molecule has 102 valence electrons. The van der Waals surface area contributed by atoms with Crippen LogP contribution in [-0.2, 0) is 4.74 Å². The molecule has 0 aliphatic rings. The van der Waals surface area contributed by atoms with Crippen LogP contribution in [0.1, 0.15) is 34.0 Å². The summed E-state index contributed by atoms with van der Waals surface area (Å²) in [4.78, 5) is 12.0. The van der Waals surface area contributed by atoms with Crippen LogP contribution in [0.15, 0.2) is 4.42 Å². The van der Waals surface area contributed by atoms with Gasteiger partial charge in [-0.3, -0.25) is 0 Å². The monoisotopic (exact) mass is 263 g/mol. The molecule has 5 heteroatoms. The van der Waals surface area contributed by atoms with E-state index in [1.807, 2.05) is 6.92 Å². The van der Waals surface area contributed by atoms with E-state index in [-0.39, 0.29) is 23.8 Å². The third-order valence-corrected chi connectivity index (χ3v) is 3.40. The lowest BCUT2D eigenvalue weighted by Gasteiger charge is -2.09. The van der Waals surface area contributed by atoms with Crippen molar-refractivity contribution in [2.75, 3.05) is 12.3 Å². The molecule has 0 radical (unpaired) electrons. The first kappa shape index (κ1) is 13.3. The molecule has 0 spiro atoms. The number of esters is 1. The normalized spacial score (nSPS) is 10.9. The zero-order valence-corrected chi connectivity index (χ0v) is 11.5. The predicted molar refractivity (Wildman–Crippen MR) is 72.5 cm³/mol. The molecule has 0 saturated heterocycles. The van der Waals surface area contributed by atoms with Crippen LogP contribution >= 0.6 is 0 Å². The summed E-state index contributed by atoms with van der Waals surface area (Å²) < 4.78 is 10.5. The number of carbonyl (C=O) groups excluding carboxylic acids is 1. The maximum absolute atomic E-state index is 12.0. The van der Waals surface area contributed by atoms with E-state index < -0.39 is 5.97 Å². The Bertz CT molecular complexity index is 670. The Morgan fingerprint density at radius 1 is 1.26 bits per heavy atom. The van der Waals surface area contributed by atoms with Crippen LogP contribution < -0.4 is 5.73 Å². The molecule has 1 aromatic heterocycles. The number of hydrogen-bond acceptors (Lipinski definition) is 5.